The molecule has 1 fully saturated rings. The standard InChI is InChI=1S/C44H50FN3O7/c1-4-23-54-44-40(48(2)43(51)30-17-15-29(27-46)16-18-30)26-38(47-52-3)35-24-31(11-7-9-21-49)34(13-8-10-22-50)41(42(35)44)36-25-33(19-20-39(36)55-44)53-28-32-12-5-6-14-37(32)45/h4-6,12,14-20,24-25,31,34,40-42,49-50H,1,7-11,13,21-23,26,28H2,2-3H3/t31-,34+,40-,41+,42+,44+/m0/s1. The molecule has 55 heavy (non-hydrogen) atoms. The Kier molecular flexibility index (Phi) is 13.0. The van der Waals surface area contributed by atoms with Crippen LogP contribution < -0.4 is 9.47 Å². The van der Waals surface area contributed by atoms with Gasteiger partial charge in [-0.15, -0.1) is 6.58 Å². The number of carbonyl (C=O) groups is 1. The number of rotatable bonds is 17. The molecule has 0 unspecified atom stereocenters. The number of hydrogen-bond donors (Lipinski definition) is 2. The van der Waals surface area contributed by atoms with Crippen LogP contribution in [0, 0.1) is 34.9 Å². The van der Waals surface area contributed by atoms with Gasteiger partial charge in [-0.2, -0.15) is 5.26 Å². The number of aliphatic hydroxyl groups is 2. The number of fused-ring (bicyclic) bond motifs is 2. The zero-order valence-electron chi connectivity index (χ0n) is 31.5. The number of hydrogen-bond acceptors (Lipinski definition) is 9. The van der Waals surface area contributed by atoms with Crippen molar-refractivity contribution < 1.29 is 38.4 Å². The monoisotopic (exact) mass is 751 g/mol. The molecule has 0 bridgehead atoms. The molecule has 1 saturated carbocycles. The Morgan fingerprint density at radius 3 is 2.53 bits per heavy atom. The van der Waals surface area contributed by atoms with Crippen molar-refractivity contribution in [3.63, 3.8) is 0 Å². The summed E-state index contributed by atoms with van der Waals surface area (Å²) in [5, 5.41) is 33.5. The van der Waals surface area contributed by atoms with Crippen LogP contribution in [0.3, 0.4) is 0 Å². The highest BCUT2D eigenvalue weighted by Crippen LogP contribution is 2.61. The van der Waals surface area contributed by atoms with Crippen LogP contribution in [0.15, 0.2) is 96.2 Å². The fraction of sp³-hybridized carbons (Fsp3) is 0.432. The second-order valence-electron chi connectivity index (χ2n) is 14.4. The molecule has 0 radical (unpaired) electrons. The molecule has 3 aromatic carbocycles. The third-order valence-electron chi connectivity index (χ3n) is 11.2. The van der Waals surface area contributed by atoms with Gasteiger partial charge in [0, 0.05) is 49.3 Å². The number of nitrogens with zero attached hydrogens (tertiary/aromatic N) is 3. The van der Waals surface area contributed by atoms with E-state index in [1.165, 1.54) is 13.2 Å². The molecule has 290 valence electrons. The van der Waals surface area contributed by atoms with Crippen molar-refractivity contribution in [3.8, 4) is 17.6 Å². The van der Waals surface area contributed by atoms with Crippen LogP contribution in [0.2, 0.25) is 0 Å². The zero-order chi connectivity index (χ0) is 39.0. The summed E-state index contributed by atoms with van der Waals surface area (Å²) in [6, 6.07) is 20.1. The summed E-state index contributed by atoms with van der Waals surface area (Å²) in [5.41, 5.74) is 3.79. The van der Waals surface area contributed by atoms with Gasteiger partial charge in [0.1, 0.15) is 37.1 Å². The van der Waals surface area contributed by atoms with Gasteiger partial charge in [0.2, 0.25) is 5.79 Å². The highest BCUT2D eigenvalue weighted by Gasteiger charge is 2.65. The SMILES string of the molecule is C=CCO[C@@]12Oc3ccc(OCc4ccccc4F)cc3[C@H]3[C@H](CCCCO)[C@@H](CCCCO)C=C(C(=NOC)C[C@@H]1N(C)C(=O)c1ccc(C#N)cc1)[C@H]32. The molecule has 3 aliphatic rings. The molecule has 2 N–H and O–H groups in total. The number of unbranched alkanes of at least 4 members (excludes halogenated alkanes) is 2. The van der Waals surface area contributed by atoms with E-state index in [2.05, 4.69) is 23.9 Å². The van der Waals surface area contributed by atoms with E-state index in [0.717, 1.165) is 36.8 Å². The third kappa shape index (κ3) is 8.18. The average Bonchev–Trinajstić information content (AvgIpc) is 3.21. The second kappa shape index (κ2) is 18.1. The summed E-state index contributed by atoms with van der Waals surface area (Å²) in [4.78, 5) is 21.5. The first kappa shape index (κ1) is 39.7. The number of nitriles is 1. The molecule has 1 amide bonds. The Balaban J connectivity index is 1.53. The molecule has 3 aromatic rings. The van der Waals surface area contributed by atoms with Gasteiger partial charge in [-0.25, -0.2) is 4.39 Å². The van der Waals surface area contributed by atoms with Crippen LogP contribution in [0.25, 0.3) is 0 Å². The Morgan fingerprint density at radius 2 is 1.84 bits per heavy atom. The first-order valence-corrected chi connectivity index (χ1v) is 19.0. The predicted octanol–water partition coefficient (Wildman–Crippen LogP) is 7.31. The van der Waals surface area contributed by atoms with Gasteiger partial charge in [-0.1, -0.05) is 48.3 Å². The number of carbonyl (C=O) groups excluding carboxylic acids is 1. The Bertz CT molecular complexity index is 1920. The normalized spacial score (nSPS) is 24.4. The van der Waals surface area contributed by atoms with Crippen molar-refractivity contribution in [2.24, 2.45) is 22.9 Å². The van der Waals surface area contributed by atoms with Gasteiger partial charge in [-0.05, 0) is 91.6 Å². The molecular weight excluding hydrogens is 701 g/mol. The topological polar surface area (TPSA) is 134 Å². The molecule has 1 heterocycles. The van der Waals surface area contributed by atoms with E-state index in [-0.39, 0.29) is 62.3 Å². The summed E-state index contributed by atoms with van der Waals surface area (Å²) >= 11 is 0. The van der Waals surface area contributed by atoms with Gasteiger partial charge in [0.05, 0.1) is 29.9 Å². The summed E-state index contributed by atoms with van der Waals surface area (Å²) in [6.07, 6.45) is 8.71. The summed E-state index contributed by atoms with van der Waals surface area (Å²) < 4.78 is 34.9. The lowest BCUT2D eigenvalue weighted by molar-refractivity contribution is -0.252. The minimum atomic E-state index is -1.40. The van der Waals surface area contributed by atoms with E-state index in [4.69, 9.17) is 19.0 Å². The van der Waals surface area contributed by atoms with Crippen LogP contribution in [0.4, 0.5) is 4.39 Å². The average molecular weight is 752 g/mol. The van der Waals surface area contributed by atoms with E-state index in [0.29, 0.717) is 46.7 Å². The number of likely N-dealkylation sites (N-methyl/N-ethyl adjacent to an activating group) is 1. The fourth-order valence-corrected chi connectivity index (χ4v) is 8.74. The van der Waals surface area contributed by atoms with Crippen LogP contribution in [-0.2, 0) is 16.2 Å². The molecule has 0 spiro atoms. The summed E-state index contributed by atoms with van der Waals surface area (Å²) in [7, 11) is 3.24. The Hall–Kier alpha value is -5.02. The number of amides is 1. The first-order valence-electron chi connectivity index (χ1n) is 19.0. The van der Waals surface area contributed by atoms with Gasteiger partial charge in [-0.3, -0.25) is 4.79 Å². The maximum atomic E-state index is 14.6. The second-order valence-corrected chi connectivity index (χ2v) is 14.4. The molecule has 10 nitrogen and oxygen atoms in total. The van der Waals surface area contributed by atoms with Gasteiger partial charge < -0.3 is 34.2 Å². The maximum Gasteiger partial charge on any atom is 0.254 e. The molecular formula is C44H50FN3O7. The fourth-order valence-electron chi connectivity index (χ4n) is 8.74. The minimum Gasteiger partial charge on any atom is -0.489 e. The number of halogens is 1. The van der Waals surface area contributed by atoms with Crippen molar-refractivity contribution >= 4 is 11.6 Å². The molecule has 11 heteroatoms. The molecule has 6 rings (SSSR count). The first-order chi connectivity index (χ1) is 26.8. The molecule has 0 saturated heterocycles. The van der Waals surface area contributed by atoms with Crippen LogP contribution >= 0.6 is 0 Å². The number of oxime groups is 1. The minimum absolute atomic E-state index is 0.0383. The highest BCUT2D eigenvalue weighted by atomic mass is 19.1. The number of benzene rings is 3. The van der Waals surface area contributed by atoms with Gasteiger partial charge in [0.25, 0.3) is 5.91 Å². The quantitative estimate of drug-likeness (QED) is 0.0834. The van der Waals surface area contributed by atoms with Crippen molar-refractivity contribution in [2.45, 2.75) is 69.3 Å². The number of aliphatic hydroxyl groups excluding tert-OH is 2. The van der Waals surface area contributed by atoms with E-state index in [1.54, 1.807) is 60.5 Å². The van der Waals surface area contributed by atoms with E-state index < -0.39 is 17.7 Å². The molecule has 0 aromatic heterocycles. The Morgan fingerprint density at radius 1 is 1.09 bits per heavy atom. The molecule has 6 atom stereocenters. The lowest BCUT2D eigenvalue weighted by atomic mass is 9.55. The van der Waals surface area contributed by atoms with Gasteiger partial charge >= 0.3 is 0 Å². The molecule has 2 aliphatic carbocycles. The highest BCUT2D eigenvalue weighted by molar-refractivity contribution is 6.03. The van der Waals surface area contributed by atoms with Gasteiger partial charge in [0.15, 0.2) is 0 Å². The van der Waals surface area contributed by atoms with Crippen molar-refractivity contribution in [3.05, 3.63) is 119 Å². The van der Waals surface area contributed by atoms with E-state index in [1.807, 2.05) is 18.2 Å². The number of ether oxygens (including phenoxy) is 3. The molecule has 1 aliphatic heterocycles. The number of allylic oxidation sites excluding steroid dienone is 1. The van der Waals surface area contributed by atoms with Crippen LogP contribution in [0.1, 0.15) is 77.9 Å². The lowest BCUT2D eigenvalue weighted by Gasteiger charge is -2.59. The van der Waals surface area contributed by atoms with E-state index in [9.17, 15) is 24.7 Å². The van der Waals surface area contributed by atoms with E-state index >= 15 is 0 Å². The third-order valence-corrected chi connectivity index (χ3v) is 11.2. The maximum absolute atomic E-state index is 14.6. The summed E-state index contributed by atoms with van der Waals surface area (Å²) in [6.45, 7) is 4.31. The Labute approximate surface area is 322 Å². The van der Waals surface area contributed by atoms with Crippen molar-refractivity contribution in [1.82, 2.24) is 4.90 Å². The zero-order valence-corrected chi connectivity index (χ0v) is 31.5. The van der Waals surface area contributed by atoms with Crippen molar-refractivity contribution in [1.29, 1.82) is 5.26 Å². The smallest absolute Gasteiger partial charge is 0.254 e. The largest absolute Gasteiger partial charge is 0.489 e. The lowest BCUT2D eigenvalue weighted by Crippen LogP contribution is -2.69. The van der Waals surface area contributed by atoms with Crippen LogP contribution in [0.5, 0.6) is 11.5 Å². The predicted molar refractivity (Wildman–Crippen MR) is 206 cm³/mol. The summed E-state index contributed by atoms with van der Waals surface area (Å²) in [5.74, 6) is -1.47. The van der Waals surface area contributed by atoms with Crippen LogP contribution in [-0.4, -0.2) is 72.5 Å². The van der Waals surface area contributed by atoms with Crippen molar-refractivity contribution in [2.75, 3.05) is 34.0 Å².